The van der Waals surface area contributed by atoms with Crippen LogP contribution in [0.4, 0.5) is 13.2 Å². The minimum atomic E-state index is -4.34. The Morgan fingerprint density at radius 3 is 1.82 bits per heavy atom. The van der Waals surface area contributed by atoms with Crippen molar-refractivity contribution in [3.63, 3.8) is 0 Å². The van der Waals surface area contributed by atoms with Gasteiger partial charge in [-0.15, -0.1) is 0 Å². The van der Waals surface area contributed by atoms with Crippen LogP contribution in [0.1, 0.15) is 26.2 Å². The van der Waals surface area contributed by atoms with Crippen LogP contribution in [-0.4, -0.2) is 12.0 Å². The average Bonchev–Trinajstić information content (AvgIpc) is 1.52. The van der Waals surface area contributed by atoms with Crippen LogP contribution < -0.4 is 0 Å². The molecule has 1 rings (SSSR count). The molecular formula is C7H9F3O. The Labute approximate surface area is 62.6 Å². The second-order valence-corrected chi connectivity index (χ2v) is 2.99. The van der Waals surface area contributed by atoms with Gasteiger partial charge in [0.15, 0.2) is 0 Å². The van der Waals surface area contributed by atoms with Gasteiger partial charge in [0.1, 0.15) is 11.2 Å². The Bertz CT molecular complexity index is 179. The van der Waals surface area contributed by atoms with Gasteiger partial charge in [0.25, 0.3) is 0 Å². The Morgan fingerprint density at radius 2 is 1.82 bits per heavy atom. The summed E-state index contributed by atoms with van der Waals surface area (Å²) < 4.78 is 36.6. The van der Waals surface area contributed by atoms with Crippen molar-refractivity contribution in [2.75, 3.05) is 0 Å². The Balaban J connectivity index is 2.85. The fourth-order valence-corrected chi connectivity index (χ4v) is 1.37. The summed E-state index contributed by atoms with van der Waals surface area (Å²) in [5.74, 6) is -0.740. The van der Waals surface area contributed by atoms with Gasteiger partial charge in [-0.2, -0.15) is 13.2 Å². The number of Topliss-reactive ketones (excluding diaryl/α,β-unsaturated/α-hetero) is 1. The lowest BCUT2D eigenvalue weighted by Gasteiger charge is -2.40. The van der Waals surface area contributed by atoms with E-state index in [-0.39, 0.29) is 12.8 Å². The summed E-state index contributed by atoms with van der Waals surface area (Å²) in [5, 5.41) is 0. The molecule has 0 N–H and O–H groups in total. The van der Waals surface area contributed by atoms with Gasteiger partial charge in [-0.25, -0.2) is 0 Å². The van der Waals surface area contributed by atoms with E-state index in [0.717, 1.165) is 6.92 Å². The van der Waals surface area contributed by atoms with E-state index in [1.54, 1.807) is 0 Å². The van der Waals surface area contributed by atoms with Crippen LogP contribution in [-0.2, 0) is 4.79 Å². The van der Waals surface area contributed by atoms with Crippen molar-refractivity contribution < 1.29 is 18.0 Å². The summed E-state index contributed by atoms with van der Waals surface area (Å²) in [6.45, 7) is 1.02. The van der Waals surface area contributed by atoms with Gasteiger partial charge in [0.2, 0.25) is 0 Å². The number of halogens is 3. The van der Waals surface area contributed by atoms with E-state index >= 15 is 0 Å². The molecule has 0 aromatic carbocycles. The molecule has 1 aliphatic carbocycles. The first-order chi connectivity index (χ1) is 4.90. The number of carbonyl (C=O) groups excluding carboxylic acids is 1. The van der Waals surface area contributed by atoms with Gasteiger partial charge < -0.3 is 0 Å². The van der Waals surface area contributed by atoms with Crippen LogP contribution in [0.25, 0.3) is 0 Å². The first-order valence-corrected chi connectivity index (χ1v) is 3.48. The molecule has 1 nitrogen and oxygen atoms in total. The monoisotopic (exact) mass is 166 g/mol. The molecule has 0 unspecified atom stereocenters. The van der Waals surface area contributed by atoms with Crippen LogP contribution in [0.5, 0.6) is 0 Å². The molecule has 64 valence electrons. The highest BCUT2D eigenvalue weighted by Crippen LogP contribution is 2.53. The van der Waals surface area contributed by atoms with E-state index in [9.17, 15) is 18.0 Å². The SMILES string of the molecule is CC(=O)C1(C(F)(F)F)CCC1. The third kappa shape index (κ3) is 1.04. The third-order valence-corrected chi connectivity index (χ3v) is 2.42. The van der Waals surface area contributed by atoms with Gasteiger partial charge in [0.05, 0.1) is 0 Å². The molecule has 0 aromatic heterocycles. The van der Waals surface area contributed by atoms with Gasteiger partial charge in [0, 0.05) is 0 Å². The number of hydrogen-bond donors (Lipinski definition) is 0. The van der Waals surface area contributed by atoms with Crippen molar-refractivity contribution in [2.45, 2.75) is 32.4 Å². The lowest BCUT2D eigenvalue weighted by Crippen LogP contribution is -2.49. The molecule has 0 radical (unpaired) electrons. The molecule has 4 heteroatoms. The highest BCUT2D eigenvalue weighted by molar-refractivity contribution is 5.84. The normalized spacial score (nSPS) is 22.5. The zero-order chi connectivity index (χ0) is 8.70. The van der Waals surface area contributed by atoms with E-state index < -0.39 is 17.4 Å². The summed E-state index contributed by atoms with van der Waals surface area (Å²) in [7, 11) is 0. The maximum absolute atomic E-state index is 12.2. The highest BCUT2D eigenvalue weighted by atomic mass is 19.4. The summed E-state index contributed by atoms with van der Waals surface area (Å²) >= 11 is 0. The quantitative estimate of drug-likeness (QED) is 0.584. The molecule has 0 aromatic rings. The molecule has 1 fully saturated rings. The predicted molar refractivity (Wildman–Crippen MR) is 33.0 cm³/mol. The highest BCUT2D eigenvalue weighted by Gasteiger charge is 2.61. The Hall–Kier alpha value is -0.540. The molecule has 11 heavy (non-hydrogen) atoms. The molecule has 0 spiro atoms. The predicted octanol–water partition coefficient (Wildman–Crippen LogP) is 2.31. The largest absolute Gasteiger partial charge is 0.401 e. The number of rotatable bonds is 1. The Kier molecular flexibility index (Phi) is 1.73. The minimum Gasteiger partial charge on any atom is -0.299 e. The van der Waals surface area contributed by atoms with E-state index in [1.807, 2.05) is 0 Å². The van der Waals surface area contributed by atoms with Crippen LogP contribution in [0.3, 0.4) is 0 Å². The summed E-state index contributed by atoms with van der Waals surface area (Å²) in [4.78, 5) is 10.7. The molecule has 0 saturated heterocycles. The van der Waals surface area contributed by atoms with Crippen molar-refractivity contribution >= 4 is 5.78 Å². The third-order valence-electron chi connectivity index (χ3n) is 2.42. The van der Waals surface area contributed by atoms with E-state index in [2.05, 4.69) is 0 Å². The summed E-state index contributed by atoms with van der Waals surface area (Å²) in [5.41, 5.74) is -1.98. The first-order valence-electron chi connectivity index (χ1n) is 3.48. The molecule has 0 atom stereocenters. The van der Waals surface area contributed by atoms with Gasteiger partial charge in [-0.05, 0) is 19.8 Å². The van der Waals surface area contributed by atoms with E-state index in [0.29, 0.717) is 6.42 Å². The summed E-state index contributed by atoms with van der Waals surface area (Å²) in [6, 6.07) is 0. The van der Waals surface area contributed by atoms with Crippen LogP contribution in [0.15, 0.2) is 0 Å². The van der Waals surface area contributed by atoms with Gasteiger partial charge >= 0.3 is 6.18 Å². The fourth-order valence-electron chi connectivity index (χ4n) is 1.37. The van der Waals surface area contributed by atoms with Crippen molar-refractivity contribution in [1.29, 1.82) is 0 Å². The number of carbonyl (C=O) groups is 1. The summed E-state index contributed by atoms with van der Waals surface area (Å²) in [6.07, 6.45) is -3.87. The molecule has 0 amide bonds. The molecule has 1 saturated carbocycles. The zero-order valence-electron chi connectivity index (χ0n) is 6.16. The van der Waals surface area contributed by atoms with Crippen molar-refractivity contribution in [3.8, 4) is 0 Å². The molecule has 0 bridgehead atoms. The van der Waals surface area contributed by atoms with Gasteiger partial charge in [-0.3, -0.25) is 4.79 Å². The first kappa shape index (κ1) is 8.56. The van der Waals surface area contributed by atoms with E-state index in [1.165, 1.54) is 0 Å². The fraction of sp³-hybridized carbons (Fsp3) is 0.857. The van der Waals surface area contributed by atoms with E-state index in [4.69, 9.17) is 0 Å². The van der Waals surface area contributed by atoms with Crippen LogP contribution >= 0.6 is 0 Å². The molecule has 1 aliphatic rings. The molecule has 0 heterocycles. The van der Waals surface area contributed by atoms with Crippen molar-refractivity contribution in [3.05, 3.63) is 0 Å². The topological polar surface area (TPSA) is 17.1 Å². The lowest BCUT2D eigenvalue weighted by atomic mass is 9.66. The maximum Gasteiger partial charge on any atom is 0.401 e. The van der Waals surface area contributed by atoms with Gasteiger partial charge in [-0.1, -0.05) is 6.42 Å². The second-order valence-electron chi connectivity index (χ2n) is 2.99. The smallest absolute Gasteiger partial charge is 0.299 e. The zero-order valence-corrected chi connectivity index (χ0v) is 6.16. The minimum absolute atomic E-state index is 0.0220. The second kappa shape index (κ2) is 2.22. The van der Waals surface area contributed by atoms with Crippen molar-refractivity contribution in [2.24, 2.45) is 5.41 Å². The number of alkyl halides is 3. The number of ketones is 1. The Morgan fingerprint density at radius 1 is 1.36 bits per heavy atom. The lowest BCUT2D eigenvalue weighted by molar-refractivity contribution is -0.240. The molecule has 0 aliphatic heterocycles. The van der Waals surface area contributed by atoms with Crippen LogP contribution in [0, 0.1) is 5.41 Å². The average molecular weight is 166 g/mol. The molecular weight excluding hydrogens is 157 g/mol. The van der Waals surface area contributed by atoms with Crippen molar-refractivity contribution in [1.82, 2.24) is 0 Å². The number of hydrogen-bond acceptors (Lipinski definition) is 1. The maximum atomic E-state index is 12.2. The standard InChI is InChI=1S/C7H9F3O/c1-5(11)6(3-2-4-6)7(8,9)10/h2-4H2,1H3. The van der Waals surface area contributed by atoms with Crippen LogP contribution in [0.2, 0.25) is 0 Å².